The lowest BCUT2D eigenvalue weighted by Crippen LogP contribution is -2.13. The molecule has 0 radical (unpaired) electrons. The van der Waals surface area contributed by atoms with Crippen molar-refractivity contribution in [2.24, 2.45) is 0 Å². The van der Waals surface area contributed by atoms with Crippen LogP contribution in [0.1, 0.15) is 26.3 Å². The minimum atomic E-state index is -0.524. The standard InChI is InChI=1S/C21H16O4/c1-15-12-16(20(22)24-18-8-4-2-5-9-18)14-17(13-15)21(23)25-19-10-6-3-7-11-19/h2-14H,1H3. The highest BCUT2D eigenvalue weighted by Gasteiger charge is 2.15. The Kier molecular flexibility index (Phi) is 4.90. The normalized spacial score (nSPS) is 10.1. The van der Waals surface area contributed by atoms with Crippen LogP contribution >= 0.6 is 0 Å². The number of para-hydroxylation sites is 2. The van der Waals surface area contributed by atoms with Crippen molar-refractivity contribution in [3.05, 3.63) is 95.6 Å². The summed E-state index contributed by atoms with van der Waals surface area (Å²) < 4.78 is 10.6. The van der Waals surface area contributed by atoms with Crippen molar-refractivity contribution >= 4 is 11.9 Å². The van der Waals surface area contributed by atoms with E-state index < -0.39 is 11.9 Å². The lowest BCUT2D eigenvalue weighted by Gasteiger charge is -2.08. The van der Waals surface area contributed by atoms with E-state index in [1.807, 2.05) is 12.1 Å². The summed E-state index contributed by atoms with van der Waals surface area (Å²) in [4.78, 5) is 24.7. The van der Waals surface area contributed by atoms with Gasteiger partial charge in [-0.1, -0.05) is 36.4 Å². The molecular weight excluding hydrogens is 316 g/mol. The summed E-state index contributed by atoms with van der Waals surface area (Å²) in [6, 6.07) is 22.4. The molecular formula is C21H16O4. The van der Waals surface area contributed by atoms with E-state index >= 15 is 0 Å². The molecule has 0 aliphatic carbocycles. The number of esters is 2. The molecule has 25 heavy (non-hydrogen) atoms. The second-order valence-corrected chi connectivity index (χ2v) is 5.49. The number of carbonyl (C=O) groups is 2. The van der Waals surface area contributed by atoms with Gasteiger partial charge < -0.3 is 9.47 Å². The Labute approximate surface area is 145 Å². The summed E-state index contributed by atoms with van der Waals surface area (Å²) in [6.07, 6.45) is 0. The first kappa shape index (κ1) is 16.5. The minimum Gasteiger partial charge on any atom is -0.423 e. The molecule has 0 fully saturated rings. The molecule has 0 spiro atoms. The van der Waals surface area contributed by atoms with Crippen LogP contribution < -0.4 is 9.47 Å². The van der Waals surface area contributed by atoms with Crippen molar-refractivity contribution < 1.29 is 19.1 Å². The van der Waals surface area contributed by atoms with Crippen LogP contribution in [0.4, 0.5) is 0 Å². The summed E-state index contributed by atoms with van der Waals surface area (Å²) in [5, 5.41) is 0. The van der Waals surface area contributed by atoms with Crippen LogP contribution in [-0.4, -0.2) is 11.9 Å². The average molecular weight is 332 g/mol. The van der Waals surface area contributed by atoms with E-state index in [1.165, 1.54) is 6.07 Å². The highest BCUT2D eigenvalue weighted by Crippen LogP contribution is 2.17. The van der Waals surface area contributed by atoms with Gasteiger partial charge >= 0.3 is 11.9 Å². The second-order valence-electron chi connectivity index (χ2n) is 5.49. The Bertz CT molecular complexity index is 815. The monoisotopic (exact) mass is 332 g/mol. The maximum atomic E-state index is 12.3. The van der Waals surface area contributed by atoms with Crippen molar-refractivity contribution in [3.63, 3.8) is 0 Å². The molecule has 3 aromatic rings. The van der Waals surface area contributed by atoms with Gasteiger partial charge in [0.2, 0.25) is 0 Å². The van der Waals surface area contributed by atoms with Crippen LogP contribution in [0, 0.1) is 6.92 Å². The molecule has 3 aromatic carbocycles. The number of hydrogen-bond acceptors (Lipinski definition) is 4. The fourth-order valence-electron chi connectivity index (χ4n) is 2.33. The number of benzene rings is 3. The van der Waals surface area contributed by atoms with Gasteiger partial charge in [-0.25, -0.2) is 9.59 Å². The Hall–Kier alpha value is -3.40. The van der Waals surface area contributed by atoms with Gasteiger partial charge in [0.15, 0.2) is 0 Å². The lowest BCUT2D eigenvalue weighted by molar-refractivity contribution is 0.0734. The van der Waals surface area contributed by atoms with Crippen LogP contribution in [0.2, 0.25) is 0 Å². The van der Waals surface area contributed by atoms with E-state index in [4.69, 9.17) is 9.47 Å². The van der Waals surface area contributed by atoms with Crippen molar-refractivity contribution in [1.82, 2.24) is 0 Å². The molecule has 0 aliphatic heterocycles. The van der Waals surface area contributed by atoms with Crippen LogP contribution in [0.15, 0.2) is 78.9 Å². The molecule has 124 valence electrons. The van der Waals surface area contributed by atoms with Crippen molar-refractivity contribution in [1.29, 1.82) is 0 Å². The van der Waals surface area contributed by atoms with Gasteiger partial charge in [0.1, 0.15) is 11.5 Å². The van der Waals surface area contributed by atoms with Gasteiger partial charge in [0, 0.05) is 0 Å². The molecule has 0 saturated heterocycles. The zero-order chi connectivity index (χ0) is 17.6. The largest absolute Gasteiger partial charge is 0.423 e. The van der Waals surface area contributed by atoms with E-state index in [9.17, 15) is 9.59 Å². The van der Waals surface area contributed by atoms with E-state index in [-0.39, 0.29) is 0 Å². The zero-order valence-electron chi connectivity index (χ0n) is 13.6. The van der Waals surface area contributed by atoms with Gasteiger partial charge in [-0.15, -0.1) is 0 Å². The maximum absolute atomic E-state index is 12.3. The summed E-state index contributed by atoms with van der Waals surface area (Å²) in [7, 11) is 0. The van der Waals surface area contributed by atoms with Gasteiger partial charge in [0.25, 0.3) is 0 Å². The number of aryl methyl sites for hydroxylation is 1. The van der Waals surface area contributed by atoms with Gasteiger partial charge in [-0.05, 0) is 55.0 Å². The molecule has 0 atom stereocenters. The first-order valence-corrected chi connectivity index (χ1v) is 7.78. The first-order chi connectivity index (χ1) is 12.1. The van der Waals surface area contributed by atoms with E-state index in [2.05, 4.69) is 0 Å². The molecule has 0 bridgehead atoms. The van der Waals surface area contributed by atoms with Crippen molar-refractivity contribution in [2.45, 2.75) is 6.92 Å². The smallest absolute Gasteiger partial charge is 0.343 e. The van der Waals surface area contributed by atoms with Gasteiger partial charge in [0.05, 0.1) is 11.1 Å². The summed E-state index contributed by atoms with van der Waals surface area (Å²) >= 11 is 0. The predicted molar refractivity (Wildman–Crippen MR) is 94.0 cm³/mol. The van der Waals surface area contributed by atoms with Crippen LogP contribution in [0.5, 0.6) is 11.5 Å². The summed E-state index contributed by atoms with van der Waals surface area (Å²) in [5.74, 6) is -0.155. The van der Waals surface area contributed by atoms with Crippen LogP contribution in [0.25, 0.3) is 0 Å². The zero-order valence-corrected chi connectivity index (χ0v) is 13.6. The molecule has 0 aliphatic rings. The van der Waals surface area contributed by atoms with Crippen molar-refractivity contribution in [2.75, 3.05) is 0 Å². The lowest BCUT2D eigenvalue weighted by atomic mass is 10.1. The Morgan fingerprint density at radius 1 is 0.640 bits per heavy atom. The fraction of sp³-hybridized carbons (Fsp3) is 0.0476. The van der Waals surface area contributed by atoms with E-state index in [0.717, 1.165) is 5.56 Å². The highest BCUT2D eigenvalue weighted by atomic mass is 16.5. The number of ether oxygens (including phenoxy) is 2. The Morgan fingerprint density at radius 3 is 1.44 bits per heavy atom. The number of hydrogen-bond donors (Lipinski definition) is 0. The third kappa shape index (κ3) is 4.32. The SMILES string of the molecule is Cc1cc(C(=O)Oc2ccccc2)cc(C(=O)Oc2ccccc2)c1. The third-order valence-corrected chi connectivity index (χ3v) is 3.46. The Balaban J connectivity index is 1.80. The molecule has 0 N–H and O–H groups in total. The molecule has 0 aromatic heterocycles. The number of carbonyl (C=O) groups excluding carboxylic acids is 2. The minimum absolute atomic E-state index is 0.295. The Morgan fingerprint density at radius 2 is 1.04 bits per heavy atom. The molecule has 4 heteroatoms. The van der Waals surface area contributed by atoms with Gasteiger partial charge in [-0.2, -0.15) is 0 Å². The third-order valence-electron chi connectivity index (χ3n) is 3.46. The van der Waals surface area contributed by atoms with Crippen molar-refractivity contribution in [3.8, 4) is 11.5 Å². The first-order valence-electron chi connectivity index (χ1n) is 7.78. The topological polar surface area (TPSA) is 52.6 Å². The predicted octanol–water partition coefficient (Wildman–Crippen LogP) is 4.43. The average Bonchev–Trinajstić information content (AvgIpc) is 2.63. The fourth-order valence-corrected chi connectivity index (χ4v) is 2.33. The molecule has 0 amide bonds. The summed E-state index contributed by atoms with van der Waals surface area (Å²) in [6.45, 7) is 1.80. The molecule has 3 rings (SSSR count). The molecule has 4 nitrogen and oxygen atoms in total. The number of rotatable bonds is 4. The quantitative estimate of drug-likeness (QED) is 0.524. The highest BCUT2D eigenvalue weighted by molar-refractivity contribution is 5.97. The summed E-state index contributed by atoms with van der Waals surface area (Å²) in [5.41, 5.74) is 1.36. The van der Waals surface area contributed by atoms with Crippen LogP contribution in [0.3, 0.4) is 0 Å². The van der Waals surface area contributed by atoms with E-state index in [1.54, 1.807) is 67.6 Å². The van der Waals surface area contributed by atoms with E-state index in [0.29, 0.717) is 22.6 Å². The second kappa shape index (κ2) is 7.45. The molecule has 0 unspecified atom stereocenters. The van der Waals surface area contributed by atoms with Gasteiger partial charge in [-0.3, -0.25) is 0 Å². The maximum Gasteiger partial charge on any atom is 0.343 e. The molecule has 0 saturated carbocycles. The van der Waals surface area contributed by atoms with Crippen LogP contribution in [-0.2, 0) is 0 Å². The molecule has 0 heterocycles.